The van der Waals surface area contributed by atoms with Crippen LogP contribution in [0.2, 0.25) is 0 Å². The van der Waals surface area contributed by atoms with Crippen LogP contribution >= 0.6 is 0 Å². The van der Waals surface area contributed by atoms with Crippen LogP contribution < -0.4 is 10.6 Å². The molecule has 0 aliphatic carbocycles. The maximum absolute atomic E-state index is 11.5. The number of hydrogen-bond donors (Lipinski definition) is 2. The molecule has 2 atom stereocenters. The number of nitrogens with zero attached hydrogens (tertiary/aromatic N) is 1. The van der Waals surface area contributed by atoms with Crippen molar-refractivity contribution in [2.24, 2.45) is 5.92 Å². The summed E-state index contributed by atoms with van der Waals surface area (Å²) in [5, 5.41) is 6.25. The van der Waals surface area contributed by atoms with Gasteiger partial charge in [0.15, 0.2) is 0 Å². The minimum absolute atomic E-state index is 0.332. The smallest absolute Gasteiger partial charge is 0.407 e. The molecule has 0 aromatic heterocycles. The van der Waals surface area contributed by atoms with Crippen molar-refractivity contribution < 1.29 is 9.53 Å². The molecule has 2 heterocycles. The van der Waals surface area contributed by atoms with E-state index in [2.05, 4.69) is 22.6 Å². The van der Waals surface area contributed by atoms with Crippen molar-refractivity contribution in [3.63, 3.8) is 0 Å². The van der Waals surface area contributed by atoms with Crippen LogP contribution in [-0.2, 0) is 4.74 Å². The Bertz CT molecular complexity index is 340. The number of carbonyl (C=O) groups excluding carboxylic acids is 1. The fourth-order valence-corrected chi connectivity index (χ4v) is 3.56. The van der Waals surface area contributed by atoms with E-state index in [4.69, 9.17) is 4.74 Å². The molecule has 2 saturated heterocycles. The number of piperidine rings is 1. The first-order valence-electron chi connectivity index (χ1n) is 8.24. The second-order valence-corrected chi connectivity index (χ2v) is 7.52. The van der Waals surface area contributed by atoms with E-state index in [1.54, 1.807) is 0 Å². The molecule has 5 nitrogen and oxygen atoms in total. The molecule has 2 N–H and O–H groups in total. The normalized spacial score (nSPS) is 29.4. The van der Waals surface area contributed by atoms with E-state index in [-0.39, 0.29) is 6.09 Å². The van der Waals surface area contributed by atoms with Crippen molar-refractivity contribution in [1.29, 1.82) is 0 Å². The second kappa shape index (κ2) is 6.97. The Morgan fingerprint density at radius 2 is 1.81 bits per heavy atom. The van der Waals surface area contributed by atoms with Crippen LogP contribution in [0.5, 0.6) is 0 Å². The number of amides is 1. The Kier molecular flexibility index (Phi) is 5.49. The van der Waals surface area contributed by atoms with Crippen LogP contribution in [0.4, 0.5) is 4.79 Å². The standard InChI is InChI=1S/C16H31N3O2/c1-16(2,3)21-15(20)18-8-7-17-11-12-9-13-5-6-14(10-12)19(13)4/h12-14,17H,5-11H2,1-4H3,(H,18,20). The van der Waals surface area contributed by atoms with Gasteiger partial charge in [-0.25, -0.2) is 4.79 Å². The second-order valence-electron chi connectivity index (χ2n) is 7.52. The minimum Gasteiger partial charge on any atom is -0.444 e. The van der Waals surface area contributed by atoms with Gasteiger partial charge in [-0.05, 0) is 66.0 Å². The monoisotopic (exact) mass is 297 g/mol. The summed E-state index contributed by atoms with van der Waals surface area (Å²) in [4.78, 5) is 14.1. The molecule has 0 spiro atoms. The van der Waals surface area contributed by atoms with Crippen molar-refractivity contribution in [2.45, 2.75) is 64.1 Å². The van der Waals surface area contributed by atoms with Gasteiger partial charge < -0.3 is 20.3 Å². The molecule has 21 heavy (non-hydrogen) atoms. The average molecular weight is 297 g/mol. The first-order valence-corrected chi connectivity index (χ1v) is 8.24. The number of ether oxygens (including phenoxy) is 1. The molecule has 5 heteroatoms. The highest BCUT2D eigenvalue weighted by Gasteiger charge is 2.37. The SMILES string of the molecule is CN1C2CCC1CC(CNCCNC(=O)OC(C)(C)C)C2. The Hall–Kier alpha value is -0.810. The van der Waals surface area contributed by atoms with Gasteiger partial charge in [-0.2, -0.15) is 0 Å². The molecule has 122 valence electrons. The lowest BCUT2D eigenvalue weighted by Gasteiger charge is -2.36. The fraction of sp³-hybridized carbons (Fsp3) is 0.938. The molecule has 0 aromatic carbocycles. The predicted molar refractivity (Wildman–Crippen MR) is 84.4 cm³/mol. The third-order valence-electron chi connectivity index (χ3n) is 4.60. The maximum atomic E-state index is 11.5. The number of hydrogen-bond acceptors (Lipinski definition) is 4. The topological polar surface area (TPSA) is 53.6 Å². The molecule has 0 radical (unpaired) electrons. The molecular weight excluding hydrogens is 266 g/mol. The van der Waals surface area contributed by atoms with Crippen molar-refractivity contribution in [2.75, 3.05) is 26.7 Å². The zero-order chi connectivity index (χ0) is 15.5. The molecule has 2 aliphatic rings. The van der Waals surface area contributed by atoms with Gasteiger partial charge in [0.05, 0.1) is 0 Å². The van der Waals surface area contributed by atoms with Crippen LogP contribution in [-0.4, -0.2) is 55.4 Å². The lowest BCUT2D eigenvalue weighted by atomic mass is 9.91. The van der Waals surface area contributed by atoms with Gasteiger partial charge in [0.2, 0.25) is 0 Å². The first kappa shape index (κ1) is 16.6. The van der Waals surface area contributed by atoms with Crippen molar-refractivity contribution in [3.05, 3.63) is 0 Å². The Morgan fingerprint density at radius 1 is 1.19 bits per heavy atom. The van der Waals surface area contributed by atoms with Gasteiger partial charge in [0.1, 0.15) is 5.60 Å². The van der Waals surface area contributed by atoms with Crippen LogP contribution in [0.25, 0.3) is 0 Å². The molecule has 2 rings (SSSR count). The van der Waals surface area contributed by atoms with Gasteiger partial charge in [-0.3, -0.25) is 0 Å². The van der Waals surface area contributed by atoms with Crippen molar-refractivity contribution >= 4 is 6.09 Å². The van der Waals surface area contributed by atoms with Crippen molar-refractivity contribution in [3.8, 4) is 0 Å². The van der Waals surface area contributed by atoms with E-state index >= 15 is 0 Å². The van der Waals surface area contributed by atoms with E-state index in [1.165, 1.54) is 25.7 Å². The molecule has 2 bridgehead atoms. The summed E-state index contributed by atoms with van der Waals surface area (Å²) in [5.41, 5.74) is -0.426. The minimum atomic E-state index is -0.426. The lowest BCUT2D eigenvalue weighted by Crippen LogP contribution is -2.43. The highest BCUT2D eigenvalue weighted by atomic mass is 16.6. The Labute approximate surface area is 128 Å². The summed E-state index contributed by atoms with van der Waals surface area (Å²) in [6, 6.07) is 1.60. The summed E-state index contributed by atoms with van der Waals surface area (Å²) < 4.78 is 5.20. The third kappa shape index (κ3) is 5.15. The third-order valence-corrected chi connectivity index (χ3v) is 4.60. The van der Waals surface area contributed by atoms with Crippen LogP contribution in [0.3, 0.4) is 0 Å². The highest BCUT2D eigenvalue weighted by molar-refractivity contribution is 5.67. The maximum Gasteiger partial charge on any atom is 0.407 e. The van der Waals surface area contributed by atoms with Crippen LogP contribution in [0.15, 0.2) is 0 Å². The molecule has 0 saturated carbocycles. The summed E-state index contributed by atoms with van der Waals surface area (Å²) in [7, 11) is 2.27. The predicted octanol–water partition coefficient (Wildman–Crippen LogP) is 1.97. The molecule has 0 aromatic rings. The van der Waals surface area contributed by atoms with Crippen LogP contribution in [0.1, 0.15) is 46.5 Å². The van der Waals surface area contributed by atoms with Gasteiger partial charge in [0, 0.05) is 25.2 Å². The van der Waals surface area contributed by atoms with Crippen LogP contribution in [0, 0.1) is 5.92 Å². The van der Waals surface area contributed by atoms with Gasteiger partial charge in [-0.15, -0.1) is 0 Å². The average Bonchev–Trinajstić information content (AvgIpc) is 2.60. The number of alkyl carbamates (subject to hydrolysis) is 1. The van der Waals surface area contributed by atoms with E-state index in [1.807, 2.05) is 20.8 Å². The zero-order valence-corrected chi connectivity index (χ0v) is 13.9. The Balaban J connectivity index is 1.54. The molecule has 1 amide bonds. The molecule has 2 aliphatic heterocycles. The number of nitrogens with one attached hydrogen (secondary N) is 2. The van der Waals surface area contributed by atoms with Gasteiger partial charge in [-0.1, -0.05) is 0 Å². The number of carbonyl (C=O) groups is 1. The van der Waals surface area contributed by atoms with E-state index in [9.17, 15) is 4.79 Å². The number of fused-ring (bicyclic) bond motifs is 2. The summed E-state index contributed by atoms with van der Waals surface area (Å²) in [5.74, 6) is 0.792. The number of rotatable bonds is 5. The zero-order valence-electron chi connectivity index (χ0n) is 13.9. The molecular formula is C16H31N3O2. The van der Waals surface area contributed by atoms with Gasteiger partial charge >= 0.3 is 6.09 Å². The summed E-state index contributed by atoms with van der Waals surface area (Å²) in [6.07, 6.45) is 5.05. The quantitative estimate of drug-likeness (QED) is 0.762. The van der Waals surface area contributed by atoms with Gasteiger partial charge in [0.25, 0.3) is 0 Å². The fourth-order valence-electron chi connectivity index (χ4n) is 3.56. The largest absolute Gasteiger partial charge is 0.444 e. The highest BCUT2D eigenvalue weighted by Crippen LogP contribution is 2.36. The Morgan fingerprint density at radius 3 is 2.38 bits per heavy atom. The molecule has 2 fully saturated rings. The lowest BCUT2D eigenvalue weighted by molar-refractivity contribution is 0.0528. The van der Waals surface area contributed by atoms with Crippen molar-refractivity contribution in [1.82, 2.24) is 15.5 Å². The summed E-state index contributed by atoms with van der Waals surface area (Å²) in [6.45, 7) is 8.11. The van der Waals surface area contributed by atoms with E-state index < -0.39 is 5.60 Å². The van der Waals surface area contributed by atoms with E-state index in [0.29, 0.717) is 6.54 Å². The van der Waals surface area contributed by atoms with E-state index in [0.717, 1.165) is 31.1 Å². The molecule has 2 unspecified atom stereocenters. The summed E-state index contributed by atoms with van der Waals surface area (Å²) >= 11 is 0. The first-order chi connectivity index (χ1) is 9.85.